The van der Waals surface area contributed by atoms with E-state index in [1.807, 2.05) is 12.1 Å². The van der Waals surface area contributed by atoms with E-state index in [0.717, 1.165) is 27.3 Å². The lowest BCUT2D eigenvalue weighted by Crippen LogP contribution is -2.46. The summed E-state index contributed by atoms with van der Waals surface area (Å²) in [6.07, 6.45) is -4.40. The van der Waals surface area contributed by atoms with Crippen LogP contribution in [-0.4, -0.2) is 17.9 Å². The van der Waals surface area contributed by atoms with E-state index in [4.69, 9.17) is 5.73 Å². The molecule has 0 bridgehead atoms. The third-order valence-corrected chi connectivity index (χ3v) is 4.54. The van der Waals surface area contributed by atoms with Crippen LogP contribution in [-0.2, 0) is 17.4 Å². The molecule has 0 saturated carbocycles. The van der Waals surface area contributed by atoms with Gasteiger partial charge in [0.2, 0.25) is 5.91 Å². The Kier molecular flexibility index (Phi) is 6.04. The monoisotopic (exact) mass is 462 g/mol. The average molecular weight is 462 g/mol. The molecule has 8 heteroatoms. The molecule has 0 spiro atoms. The van der Waals surface area contributed by atoms with Crippen LogP contribution in [0, 0.1) is 3.57 Å². The Morgan fingerprint density at radius 1 is 1.12 bits per heavy atom. The maximum Gasteiger partial charge on any atom is 0.416 e. The number of carbonyl (C=O) groups is 2. The molecule has 0 aliphatic carbocycles. The molecule has 132 valence electrons. The summed E-state index contributed by atoms with van der Waals surface area (Å²) in [6, 6.07) is 10.2. The van der Waals surface area contributed by atoms with E-state index < -0.39 is 29.6 Å². The first-order chi connectivity index (χ1) is 11.7. The van der Waals surface area contributed by atoms with E-state index in [9.17, 15) is 22.8 Å². The van der Waals surface area contributed by atoms with E-state index in [0.29, 0.717) is 0 Å². The van der Waals surface area contributed by atoms with Crippen LogP contribution in [0.25, 0.3) is 0 Å². The zero-order chi connectivity index (χ0) is 18.6. The highest BCUT2D eigenvalue weighted by Gasteiger charge is 2.31. The van der Waals surface area contributed by atoms with Crippen molar-refractivity contribution in [3.05, 3.63) is 68.8 Å². The maximum atomic E-state index is 12.7. The second-order valence-electron chi connectivity index (χ2n) is 5.30. The van der Waals surface area contributed by atoms with Gasteiger partial charge in [-0.05, 0) is 52.4 Å². The quantitative estimate of drug-likeness (QED) is 0.671. The summed E-state index contributed by atoms with van der Waals surface area (Å²) in [4.78, 5) is 23.9. The summed E-state index contributed by atoms with van der Waals surface area (Å²) >= 11 is 2.09. The number of hydrogen-bond acceptors (Lipinski definition) is 2. The summed E-state index contributed by atoms with van der Waals surface area (Å²) in [5.74, 6) is -1.55. The van der Waals surface area contributed by atoms with Gasteiger partial charge in [-0.2, -0.15) is 13.2 Å². The smallest absolute Gasteiger partial charge is 0.368 e. The first kappa shape index (κ1) is 19.2. The lowest BCUT2D eigenvalue weighted by Gasteiger charge is -2.17. The fourth-order valence-electron chi connectivity index (χ4n) is 2.18. The van der Waals surface area contributed by atoms with Crippen molar-refractivity contribution in [2.24, 2.45) is 5.73 Å². The Hall–Kier alpha value is -2.10. The normalized spacial score (nSPS) is 12.5. The lowest BCUT2D eigenvalue weighted by molar-refractivity contribution is -0.137. The minimum atomic E-state index is -4.56. The number of halogens is 4. The summed E-state index contributed by atoms with van der Waals surface area (Å²) in [7, 11) is 0. The van der Waals surface area contributed by atoms with Crippen molar-refractivity contribution in [3.8, 4) is 0 Å². The Balaban J connectivity index is 2.18. The van der Waals surface area contributed by atoms with Crippen molar-refractivity contribution in [3.63, 3.8) is 0 Å². The molecule has 0 heterocycles. The molecule has 0 aliphatic rings. The zero-order valence-corrected chi connectivity index (χ0v) is 15.0. The fraction of sp³-hybridized carbons (Fsp3) is 0.176. The number of benzene rings is 2. The summed E-state index contributed by atoms with van der Waals surface area (Å²) in [5.41, 5.74) is 5.00. The molecule has 0 radical (unpaired) electrons. The predicted octanol–water partition coefficient (Wildman–Crippen LogP) is 3.14. The Labute approximate surface area is 155 Å². The molecule has 0 unspecified atom stereocenters. The highest BCUT2D eigenvalue weighted by atomic mass is 127. The molecule has 0 aromatic heterocycles. The van der Waals surface area contributed by atoms with Gasteiger partial charge in [-0.3, -0.25) is 9.59 Å². The molecular weight excluding hydrogens is 448 g/mol. The van der Waals surface area contributed by atoms with Gasteiger partial charge in [0.25, 0.3) is 5.91 Å². The maximum absolute atomic E-state index is 12.7. The zero-order valence-electron chi connectivity index (χ0n) is 12.8. The molecule has 2 amide bonds. The molecule has 0 fully saturated rings. The van der Waals surface area contributed by atoms with Gasteiger partial charge < -0.3 is 11.1 Å². The molecule has 0 aliphatic heterocycles. The summed E-state index contributed by atoms with van der Waals surface area (Å²) in [6.45, 7) is 0. The fourth-order valence-corrected chi connectivity index (χ4v) is 2.79. The van der Waals surface area contributed by atoms with Gasteiger partial charge in [-0.25, -0.2) is 0 Å². The van der Waals surface area contributed by atoms with Crippen molar-refractivity contribution < 1.29 is 22.8 Å². The Bertz CT molecular complexity index is 793. The topological polar surface area (TPSA) is 72.2 Å². The molecule has 4 nitrogen and oxygen atoms in total. The Morgan fingerprint density at radius 2 is 1.80 bits per heavy atom. The summed E-state index contributed by atoms with van der Waals surface area (Å²) < 4.78 is 39.1. The van der Waals surface area contributed by atoms with Crippen molar-refractivity contribution in [2.45, 2.75) is 18.6 Å². The highest BCUT2D eigenvalue weighted by molar-refractivity contribution is 14.1. The van der Waals surface area contributed by atoms with Crippen molar-refractivity contribution in [1.29, 1.82) is 0 Å². The summed E-state index contributed by atoms with van der Waals surface area (Å²) in [5, 5.41) is 2.40. The second-order valence-corrected chi connectivity index (χ2v) is 6.46. The number of nitrogens with one attached hydrogen (secondary N) is 1. The molecule has 25 heavy (non-hydrogen) atoms. The molecule has 2 rings (SSSR count). The molecule has 2 aromatic rings. The number of hydrogen-bond donors (Lipinski definition) is 2. The van der Waals surface area contributed by atoms with Gasteiger partial charge in [-0.15, -0.1) is 0 Å². The molecule has 1 atom stereocenters. The van der Waals surface area contributed by atoms with Crippen LogP contribution >= 0.6 is 22.6 Å². The van der Waals surface area contributed by atoms with Crippen LogP contribution in [0.2, 0.25) is 0 Å². The minimum Gasteiger partial charge on any atom is -0.368 e. The molecule has 3 N–H and O–H groups in total. The van der Waals surface area contributed by atoms with Crippen LogP contribution in [0.4, 0.5) is 13.2 Å². The third-order valence-electron chi connectivity index (χ3n) is 3.48. The number of nitrogens with two attached hydrogens (primary N) is 1. The average Bonchev–Trinajstić information content (AvgIpc) is 2.55. The van der Waals surface area contributed by atoms with Crippen LogP contribution in [0.5, 0.6) is 0 Å². The number of carbonyl (C=O) groups excluding carboxylic acids is 2. The second kappa shape index (κ2) is 7.85. The molecule has 0 saturated heterocycles. The van der Waals surface area contributed by atoms with Crippen LogP contribution < -0.4 is 11.1 Å². The third kappa shape index (κ3) is 5.18. The van der Waals surface area contributed by atoms with E-state index in [1.165, 1.54) is 6.07 Å². The Morgan fingerprint density at radius 3 is 2.40 bits per heavy atom. The van der Waals surface area contributed by atoms with Gasteiger partial charge >= 0.3 is 6.18 Å². The number of alkyl halides is 3. The standard InChI is InChI=1S/C17H14F3IN2O2/c18-17(19,20)12-6-3-5-11(8-12)16(25)23-14(15(22)24)9-10-4-1-2-7-13(10)21/h1-8,14H,9H2,(H2,22,24)(H,23,25)/t14-/m0/s1. The molecular formula is C17H14F3IN2O2. The van der Waals surface area contributed by atoms with Crippen LogP contribution in [0.1, 0.15) is 21.5 Å². The first-order valence-electron chi connectivity index (χ1n) is 7.19. The molecule has 2 aromatic carbocycles. The van der Waals surface area contributed by atoms with E-state index in [-0.39, 0.29) is 12.0 Å². The lowest BCUT2D eigenvalue weighted by atomic mass is 10.0. The minimum absolute atomic E-state index is 0.152. The van der Waals surface area contributed by atoms with E-state index in [2.05, 4.69) is 27.9 Å². The number of amides is 2. The van der Waals surface area contributed by atoms with E-state index in [1.54, 1.807) is 12.1 Å². The van der Waals surface area contributed by atoms with Gasteiger partial charge in [0.05, 0.1) is 5.56 Å². The number of rotatable bonds is 5. The van der Waals surface area contributed by atoms with Gasteiger partial charge in [0, 0.05) is 15.6 Å². The van der Waals surface area contributed by atoms with Gasteiger partial charge in [-0.1, -0.05) is 24.3 Å². The van der Waals surface area contributed by atoms with Crippen molar-refractivity contribution >= 4 is 34.4 Å². The first-order valence-corrected chi connectivity index (χ1v) is 8.27. The van der Waals surface area contributed by atoms with Gasteiger partial charge in [0.15, 0.2) is 0 Å². The van der Waals surface area contributed by atoms with Crippen LogP contribution in [0.3, 0.4) is 0 Å². The highest BCUT2D eigenvalue weighted by Crippen LogP contribution is 2.29. The van der Waals surface area contributed by atoms with Crippen molar-refractivity contribution in [1.82, 2.24) is 5.32 Å². The number of primary amides is 1. The van der Waals surface area contributed by atoms with Gasteiger partial charge in [0.1, 0.15) is 6.04 Å². The predicted molar refractivity (Wildman–Crippen MR) is 94.8 cm³/mol. The van der Waals surface area contributed by atoms with E-state index >= 15 is 0 Å². The van der Waals surface area contributed by atoms with Crippen molar-refractivity contribution in [2.75, 3.05) is 0 Å². The SMILES string of the molecule is NC(=O)[C@H](Cc1ccccc1I)NC(=O)c1cccc(C(F)(F)F)c1. The largest absolute Gasteiger partial charge is 0.416 e. The van der Waals surface area contributed by atoms with Crippen LogP contribution in [0.15, 0.2) is 48.5 Å².